The Kier molecular flexibility index (Phi) is 5.61. The highest BCUT2D eigenvalue weighted by molar-refractivity contribution is 6.32. The molecule has 0 unspecified atom stereocenters. The van der Waals surface area contributed by atoms with Crippen LogP contribution in [0.5, 0.6) is 5.75 Å². The number of pyridine rings is 1. The maximum atomic E-state index is 12.6. The lowest BCUT2D eigenvalue weighted by Gasteiger charge is -2.17. The Morgan fingerprint density at radius 2 is 1.93 bits per heavy atom. The van der Waals surface area contributed by atoms with Crippen LogP contribution in [0.25, 0.3) is 10.9 Å². The SMILES string of the molecule is CC(C)Oc1cc2[nH]c(=O)c([C@H](C)Nc3cccc(C(N)=O)c3)cc2cc1Cl. The lowest BCUT2D eigenvalue weighted by Crippen LogP contribution is -2.20. The minimum absolute atomic E-state index is 0.0265. The van der Waals surface area contributed by atoms with Gasteiger partial charge in [0, 0.05) is 28.3 Å². The van der Waals surface area contributed by atoms with Gasteiger partial charge in [-0.1, -0.05) is 17.7 Å². The first-order chi connectivity index (χ1) is 13.2. The molecule has 0 aliphatic heterocycles. The van der Waals surface area contributed by atoms with Crippen molar-refractivity contribution in [2.24, 2.45) is 5.73 Å². The Bertz CT molecular complexity index is 1090. The lowest BCUT2D eigenvalue weighted by molar-refractivity contribution is 0.100. The molecule has 1 heterocycles. The predicted molar refractivity (Wildman–Crippen MR) is 112 cm³/mol. The summed E-state index contributed by atoms with van der Waals surface area (Å²) in [6, 6.07) is 11.8. The highest BCUT2D eigenvalue weighted by Crippen LogP contribution is 2.30. The third-order valence-corrected chi connectivity index (χ3v) is 4.58. The molecular formula is C21H22ClN3O3. The number of nitrogens with one attached hydrogen (secondary N) is 2. The Morgan fingerprint density at radius 1 is 1.18 bits per heavy atom. The molecule has 146 valence electrons. The van der Waals surface area contributed by atoms with Crippen molar-refractivity contribution in [1.29, 1.82) is 0 Å². The molecule has 4 N–H and O–H groups in total. The maximum absolute atomic E-state index is 12.6. The number of rotatable bonds is 6. The first-order valence-electron chi connectivity index (χ1n) is 8.94. The molecule has 0 aliphatic rings. The quantitative estimate of drug-likeness (QED) is 0.577. The summed E-state index contributed by atoms with van der Waals surface area (Å²) in [6.45, 7) is 5.69. The van der Waals surface area contributed by atoms with E-state index < -0.39 is 5.91 Å². The van der Waals surface area contributed by atoms with E-state index in [9.17, 15) is 9.59 Å². The van der Waals surface area contributed by atoms with Gasteiger partial charge in [0.2, 0.25) is 5.91 Å². The number of hydrogen-bond donors (Lipinski definition) is 3. The number of halogens is 1. The van der Waals surface area contributed by atoms with Gasteiger partial charge in [-0.25, -0.2) is 0 Å². The molecule has 6 nitrogen and oxygen atoms in total. The largest absolute Gasteiger partial charge is 0.489 e. The predicted octanol–water partition coefficient (Wildman–Crippen LogP) is 4.24. The number of primary amides is 1. The van der Waals surface area contributed by atoms with Crippen molar-refractivity contribution in [3.05, 3.63) is 69.0 Å². The topological polar surface area (TPSA) is 97.2 Å². The van der Waals surface area contributed by atoms with Gasteiger partial charge in [-0.3, -0.25) is 9.59 Å². The minimum Gasteiger partial charge on any atom is -0.489 e. The second-order valence-corrected chi connectivity index (χ2v) is 7.31. The van der Waals surface area contributed by atoms with Crippen molar-refractivity contribution in [1.82, 2.24) is 4.98 Å². The van der Waals surface area contributed by atoms with Crippen LogP contribution in [0.2, 0.25) is 5.02 Å². The van der Waals surface area contributed by atoms with E-state index in [1.807, 2.05) is 26.8 Å². The Hall–Kier alpha value is -2.99. The molecule has 0 saturated carbocycles. The first-order valence-corrected chi connectivity index (χ1v) is 9.32. The molecule has 2 aromatic carbocycles. The summed E-state index contributed by atoms with van der Waals surface area (Å²) >= 11 is 6.32. The summed E-state index contributed by atoms with van der Waals surface area (Å²) in [5.41, 5.74) is 7.40. The molecule has 3 aromatic rings. The fourth-order valence-electron chi connectivity index (χ4n) is 2.98. The van der Waals surface area contributed by atoms with Gasteiger partial charge in [0.25, 0.3) is 5.56 Å². The van der Waals surface area contributed by atoms with Gasteiger partial charge >= 0.3 is 0 Å². The summed E-state index contributed by atoms with van der Waals surface area (Å²) in [7, 11) is 0. The molecule has 0 saturated heterocycles. The van der Waals surface area contributed by atoms with Crippen molar-refractivity contribution >= 4 is 34.1 Å². The number of aromatic nitrogens is 1. The fourth-order valence-corrected chi connectivity index (χ4v) is 3.20. The van der Waals surface area contributed by atoms with Crippen molar-refractivity contribution in [2.45, 2.75) is 32.9 Å². The van der Waals surface area contributed by atoms with Gasteiger partial charge in [-0.15, -0.1) is 0 Å². The van der Waals surface area contributed by atoms with Gasteiger partial charge in [-0.05, 0) is 51.1 Å². The van der Waals surface area contributed by atoms with E-state index in [0.717, 1.165) is 5.39 Å². The molecule has 7 heteroatoms. The summed E-state index contributed by atoms with van der Waals surface area (Å²) in [4.78, 5) is 26.9. The summed E-state index contributed by atoms with van der Waals surface area (Å²) < 4.78 is 5.68. The molecule has 28 heavy (non-hydrogen) atoms. The van der Waals surface area contributed by atoms with Gasteiger partial charge in [0.05, 0.1) is 22.7 Å². The van der Waals surface area contributed by atoms with Crippen LogP contribution in [0, 0.1) is 0 Å². The number of fused-ring (bicyclic) bond motifs is 1. The summed E-state index contributed by atoms with van der Waals surface area (Å²) in [5.74, 6) is 0.0240. The van der Waals surface area contributed by atoms with Crippen LogP contribution in [0.4, 0.5) is 5.69 Å². The summed E-state index contributed by atoms with van der Waals surface area (Å²) in [6.07, 6.45) is -0.0265. The van der Waals surface area contributed by atoms with E-state index in [4.69, 9.17) is 22.1 Å². The van der Waals surface area contributed by atoms with E-state index >= 15 is 0 Å². The molecule has 0 fully saturated rings. The number of carbonyl (C=O) groups excluding carboxylic acids is 1. The van der Waals surface area contributed by atoms with Gasteiger partial charge in [0.15, 0.2) is 0 Å². The monoisotopic (exact) mass is 399 g/mol. The average molecular weight is 400 g/mol. The van der Waals surface area contributed by atoms with Crippen LogP contribution in [-0.2, 0) is 0 Å². The average Bonchev–Trinajstić information content (AvgIpc) is 2.62. The number of carbonyl (C=O) groups is 1. The molecule has 0 bridgehead atoms. The zero-order valence-electron chi connectivity index (χ0n) is 15.9. The standard InChI is InChI=1S/C21H22ClN3O3/c1-11(2)28-19-10-18-14(9-17(19)22)8-16(21(27)25-18)12(3)24-15-6-4-5-13(7-15)20(23)26/h4-12,24H,1-3H3,(H2,23,26)(H,25,27)/t12-/m0/s1. The number of benzene rings is 2. The van der Waals surface area contributed by atoms with E-state index in [0.29, 0.717) is 33.1 Å². The Balaban J connectivity index is 1.94. The van der Waals surface area contributed by atoms with E-state index in [2.05, 4.69) is 10.3 Å². The fraction of sp³-hybridized carbons (Fsp3) is 0.238. The number of anilines is 1. The van der Waals surface area contributed by atoms with Gasteiger partial charge < -0.3 is 20.8 Å². The highest BCUT2D eigenvalue weighted by atomic mass is 35.5. The third kappa shape index (κ3) is 4.28. The number of amides is 1. The van der Waals surface area contributed by atoms with Crippen LogP contribution < -0.4 is 21.3 Å². The van der Waals surface area contributed by atoms with Crippen molar-refractivity contribution < 1.29 is 9.53 Å². The molecule has 1 amide bonds. The van der Waals surface area contributed by atoms with Crippen LogP contribution in [-0.4, -0.2) is 17.0 Å². The third-order valence-electron chi connectivity index (χ3n) is 4.28. The van der Waals surface area contributed by atoms with Gasteiger partial charge in [0.1, 0.15) is 5.75 Å². The van der Waals surface area contributed by atoms with Gasteiger partial charge in [-0.2, -0.15) is 0 Å². The number of ether oxygens (including phenoxy) is 1. The number of aromatic amines is 1. The van der Waals surface area contributed by atoms with Crippen molar-refractivity contribution in [2.75, 3.05) is 5.32 Å². The molecule has 0 spiro atoms. The Labute approximate surface area is 167 Å². The minimum atomic E-state index is -0.506. The first kappa shape index (κ1) is 19.8. The second kappa shape index (κ2) is 7.94. The summed E-state index contributed by atoms with van der Waals surface area (Å²) in [5, 5.41) is 4.51. The second-order valence-electron chi connectivity index (χ2n) is 6.90. The molecule has 0 aliphatic carbocycles. The van der Waals surface area contributed by atoms with Crippen molar-refractivity contribution in [3.8, 4) is 5.75 Å². The van der Waals surface area contributed by atoms with Crippen LogP contribution in [0.1, 0.15) is 42.7 Å². The highest BCUT2D eigenvalue weighted by Gasteiger charge is 2.14. The van der Waals surface area contributed by atoms with E-state index in [1.54, 1.807) is 36.4 Å². The lowest BCUT2D eigenvalue weighted by atomic mass is 10.1. The van der Waals surface area contributed by atoms with Crippen molar-refractivity contribution in [3.63, 3.8) is 0 Å². The molecule has 0 radical (unpaired) electrons. The van der Waals surface area contributed by atoms with Crippen LogP contribution in [0.15, 0.2) is 47.3 Å². The van der Waals surface area contributed by atoms with E-state index in [1.165, 1.54) is 0 Å². The number of nitrogens with two attached hydrogens (primary N) is 1. The molecule has 3 rings (SSSR count). The van der Waals surface area contributed by atoms with E-state index in [-0.39, 0.29) is 17.7 Å². The number of hydrogen-bond acceptors (Lipinski definition) is 4. The maximum Gasteiger partial charge on any atom is 0.253 e. The molecular weight excluding hydrogens is 378 g/mol. The Morgan fingerprint density at radius 3 is 2.61 bits per heavy atom. The van der Waals surface area contributed by atoms with Crippen LogP contribution in [0.3, 0.4) is 0 Å². The molecule has 1 atom stereocenters. The zero-order chi connectivity index (χ0) is 20.4. The van der Waals surface area contributed by atoms with Crippen LogP contribution >= 0.6 is 11.6 Å². The normalized spacial score (nSPS) is 12.2. The zero-order valence-corrected chi connectivity index (χ0v) is 16.6. The number of H-pyrrole nitrogens is 1. The smallest absolute Gasteiger partial charge is 0.253 e. The molecule has 1 aromatic heterocycles.